The van der Waals surface area contributed by atoms with Gasteiger partial charge in [0.15, 0.2) is 8.68 Å². The Hall–Kier alpha value is -0.310. The number of esters is 1. The Kier molecular flexibility index (Phi) is 7.64. The molecule has 102 valence electrons. The Labute approximate surface area is 119 Å². The summed E-state index contributed by atoms with van der Waals surface area (Å²) in [5, 5.41) is 11.2. The van der Waals surface area contributed by atoms with Gasteiger partial charge >= 0.3 is 5.97 Å². The molecule has 1 heterocycles. The molecular weight excluding hydrogens is 290 g/mol. The summed E-state index contributed by atoms with van der Waals surface area (Å²) in [5.74, 6) is 0.376. The largest absolute Gasteiger partial charge is 0.468 e. The van der Waals surface area contributed by atoms with Gasteiger partial charge in [0.2, 0.25) is 0 Å². The number of hydrogen-bond donors (Lipinski definition) is 1. The van der Waals surface area contributed by atoms with Gasteiger partial charge in [-0.3, -0.25) is 4.79 Å². The number of carbonyl (C=O) groups is 1. The summed E-state index contributed by atoms with van der Waals surface area (Å²) in [6.07, 6.45) is 2.95. The number of ether oxygens (including phenoxy) is 1. The Morgan fingerprint density at radius 1 is 1.50 bits per heavy atom. The first-order valence-electron chi connectivity index (χ1n) is 5.52. The summed E-state index contributed by atoms with van der Waals surface area (Å²) in [6, 6.07) is -0.290. The van der Waals surface area contributed by atoms with E-state index in [1.807, 2.05) is 6.26 Å². The maximum atomic E-state index is 11.6. The number of aromatic nitrogens is 2. The fourth-order valence-electron chi connectivity index (χ4n) is 1.16. The number of thioether (sulfide) groups is 2. The predicted octanol–water partition coefficient (Wildman–Crippen LogP) is 1.89. The molecule has 1 aromatic heterocycles. The molecule has 0 aromatic carbocycles. The normalized spacial score (nSPS) is 12.4. The minimum Gasteiger partial charge on any atom is -0.468 e. The van der Waals surface area contributed by atoms with E-state index in [2.05, 4.69) is 22.4 Å². The van der Waals surface area contributed by atoms with E-state index in [0.717, 1.165) is 21.6 Å². The average Bonchev–Trinajstić information content (AvgIpc) is 2.86. The van der Waals surface area contributed by atoms with Crippen LogP contribution in [0.1, 0.15) is 13.3 Å². The third-order valence-corrected chi connectivity index (χ3v) is 5.19. The van der Waals surface area contributed by atoms with Gasteiger partial charge in [0.25, 0.3) is 0 Å². The summed E-state index contributed by atoms with van der Waals surface area (Å²) >= 11 is 4.64. The molecule has 18 heavy (non-hydrogen) atoms. The fourth-order valence-corrected chi connectivity index (χ4v) is 3.67. The lowest BCUT2D eigenvalue weighted by Gasteiger charge is -2.14. The van der Waals surface area contributed by atoms with Crippen LogP contribution >= 0.6 is 34.9 Å². The van der Waals surface area contributed by atoms with Crippen molar-refractivity contribution in [3.63, 3.8) is 0 Å². The van der Waals surface area contributed by atoms with E-state index in [9.17, 15) is 4.79 Å². The third kappa shape index (κ3) is 5.13. The minimum absolute atomic E-state index is 0.231. The van der Waals surface area contributed by atoms with Crippen LogP contribution in [0.5, 0.6) is 0 Å². The van der Waals surface area contributed by atoms with Crippen LogP contribution in [0.15, 0.2) is 8.68 Å². The molecule has 5 nitrogen and oxygen atoms in total. The van der Waals surface area contributed by atoms with Gasteiger partial charge in [0, 0.05) is 5.75 Å². The molecule has 0 aliphatic heterocycles. The van der Waals surface area contributed by atoms with Crippen molar-refractivity contribution in [2.24, 2.45) is 0 Å². The van der Waals surface area contributed by atoms with E-state index < -0.39 is 0 Å². The predicted molar refractivity (Wildman–Crippen MR) is 76.5 cm³/mol. The van der Waals surface area contributed by atoms with Crippen LogP contribution in [0.3, 0.4) is 0 Å². The van der Waals surface area contributed by atoms with Gasteiger partial charge in [-0.05, 0) is 19.2 Å². The Bertz CT molecular complexity index is 373. The molecule has 1 rings (SSSR count). The quantitative estimate of drug-likeness (QED) is 0.581. The first kappa shape index (κ1) is 15.7. The number of nitrogens with zero attached hydrogens (tertiary/aromatic N) is 2. The molecule has 1 aromatic rings. The zero-order chi connectivity index (χ0) is 13.4. The van der Waals surface area contributed by atoms with Gasteiger partial charge in [0.1, 0.15) is 6.04 Å². The van der Waals surface area contributed by atoms with E-state index in [1.54, 1.807) is 23.1 Å². The van der Waals surface area contributed by atoms with Crippen LogP contribution < -0.4 is 5.32 Å². The lowest BCUT2D eigenvalue weighted by molar-refractivity contribution is -0.142. The molecule has 0 fully saturated rings. The second kappa shape index (κ2) is 8.73. The van der Waals surface area contributed by atoms with Crippen LogP contribution in [0.2, 0.25) is 0 Å². The van der Waals surface area contributed by atoms with E-state index in [4.69, 9.17) is 4.74 Å². The highest BCUT2D eigenvalue weighted by Crippen LogP contribution is 2.27. The molecule has 1 N–H and O–H groups in total. The Morgan fingerprint density at radius 2 is 2.22 bits per heavy atom. The number of carbonyl (C=O) groups excluding carboxylic acids is 1. The molecule has 0 radical (unpaired) electrons. The lowest BCUT2D eigenvalue weighted by Crippen LogP contribution is -2.40. The highest BCUT2D eigenvalue weighted by molar-refractivity contribution is 8.03. The summed E-state index contributed by atoms with van der Waals surface area (Å²) < 4.78 is 6.59. The summed E-state index contributed by atoms with van der Waals surface area (Å²) in [5.41, 5.74) is 0. The van der Waals surface area contributed by atoms with E-state index in [-0.39, 0.29) is 12.0 Å². The van der Waals surface area contributed by atoms with Crippen molar-refractivity contribution in [2.75, 3.05) is 25.7 Å². The summed E-state index contributed by atoms with van der Waals surface area (Å²) in [4.78, 5) is 11.6. The van der Waals surface area contributed by atoms with Crippen molar-refractivity contribution in [3.8, 4) is 0 Å². The zero-order valence-corrected chi connectivity index (χ0v) is 13.1. The molecule has 0 aliphatic carbocycles. The zero-order valence-electron chi connectivity index (χ0n) is 10.6. The molecule has 0 saturated carbocycles. The van der Waals surface area contributed by atoms with Crippen molar-refractivity contribution >= 4 is 40.8 Å². The average molecular weight is 307 g/mol. The maximum absolute atomic E-state index is 11.6. The summed E-state index contributed by atoms with van der Waals surface area (Å²) in [6.45, 7) is 2.86. The number of methoxy groups -OCH3 is 1. The molecule has 1 atom stereocenters. The van der Waals surface area contributed by atoms with Crippen molar-refractivity contribution in [3.05, 3.63) is 0 Å². The van der Waals surface area contributed by atoms with Gasteiger partial charge in [-0.2, -0.15) is 0 Å². The highest BCUT2D eigenvalue weighted by atomic mass is 32.2. The van der Waals surface area contributed by atoms with Crippen LogP contribution in [0.25, 0.3) is 0 Å². The van der Waals surface area contributed by atoms with E-state index >= 15 is 0 Å². The third-order valence-electron chi connectivity index (χ3n) is 2.06. The molecular formula is C10H17N3O2S3. The van der Waals surface area contributed by atoms with Crippen molar-refractivity contribution < 1.29 is 9.53 Å². The lowest BCUT2D eigenvalue weighted by atomic mass is 10.3. The first-order chi connectivity index (χ1) is 8.71. The Morgan fingerprint density at radius 3 is 2.78 bits per heavy atom. The second-order valence-electron chi connectivity index (χ2n) is 3.38. The topological polar surface area (TPSA) is 64.1 Å². The molecule has 0 bridgehead atoms. The van der Waals surface area contributed by atoms with E-state index in [0.29, 0.717) is 5.75 Å². The number of nitrogens with one attached hydrogen (secondary N) is 1. The maximum Gasteiger partial charge on any atom is 0.323 e. The molecule has 0 aliphatic rings. The van der Waals surface area contributed by atoms with Crippen molar-refractivity contribution in [1.29, 1.82) is 0 Å². The number of rotatable bonds is 8. The molecule has 0 amide bonds. The highest BCUT2D eigenvalue weighted by Gasteiger charge is 2.19. The minimum atomic E-state index is -0.290. The van der Waals surface area contributed by atoms with E-state index in [1.165, 1.54) is 18.9 Å². The van der Waals surface area contributed by atoms with Crippen molar-refractivity contribution in [2.45, 2.75) is 28.1 Å². The number of hydrogen-bond acceptors (Lipinski definition) is 8. The molecule has 0 spiro atoms. The summed E-state index contributed by atoms with van der Waals surface area (Å²) in [7, 11) is 1.41. The second-order valence-corrected chi connectivity index (χ2v) is 6.68. The van der Waals surface area contributed by atoms with Crippen LogP contribution in [-0.2, 0) is 9.53 Å². The van der Waals surface area contributed by atoms with Crippen LogP contribution in [-0.4, -0.2) is 47.9 Å². The Balaban J connectivity index is 2.47. The standard InChI is InChI=1S/C10H17N3O2S3/c1-4-5-11-7(8(14)15-2)6-17-10-13-12-9(16-3)18-10/h7,11H,4-6H2,1-3H3. The van der Waals surface area contributed by atoms with Crippen LogP contribution in [0, 0.1) is 0 Å². The molecule has 1 unspecified atom stereocenters. The van der Waals surface area contributed by atoms with Crippen LogP contribution in [0.4, 0.5) is 0 Å². The van der Waals surface area contributed by atoms with Gasteiger partial charge in [-0.15, -0.1) is 10.2 Å². The fraction of sp³-hybridized carbons (Fsp3) is 0.700. The van der Waals surface area contributed by atoms with Gasteiger partial charge in [0.05, 0.1) is 7.11 Å². The SMILES string of the molecule is CCCNC(CSc1nnc(SC)s1)C(=O)OC. The van der Waals surface area contributed by atoms with Gasteiger partial charge in [-0.1, -0.05) is 41.8 Å². The first-order valence-corrected chi connectivity index (χ1v) is 8.55. The monoisotopic (exact) mass is 307 g/mol. The smallest absolute Gasteiger partial charge is 0.323 e. The van der Waals surface area contributed by atoms with Crippen molar-refractivity contribution in [1.82, 2.24) is 15.5 Å². The molecule has 0 saturated heterocycles. The van der Waals surface area contributed by atoms with Gasteiger partial charge in [-0.25, -0.2) is 0 Å². The van der Waals surface area contributed by atoms with Gasteiger partial charge < -0.3 is 10.1 Å². The molecule has 8 heteroatoms.